The monoisotopic (exact) mass is 323 g/mol. The van der Waals surface area contributed by atoms with Gasteiger partial charge in [0.1, 0.15) is 5.75 Å². The highest BCUT2D eigenvalue weighted by Crippen LogP contribution is 2.19. The topological polar surface area (TPSA) is 94.2 Å². The molecule has 6 nitrogen and oxygen atoms in total. The molecule has 0 aliphatic rings. The molecule has 3 rings (SSSR count). The van der Waals surface area contributed by atoms with Crippen molar-refractivity contribution in [1.82, 2.24) is 15.8 Å². The van der Waals surface area contributed by atoms with Gasteiger partial charge < -0.3 is 10.1 Å². The summed E-state index contributed by atoms with van der Waals surface area (Å²) in [7, 11) is 0. The Hall–Kier alpha value is -3.28. The van der Waals surface area contributed by atoms with Crippen LogP contribution in [0, 0.1) is 0 Å². The van der Waals surface area contributed by atoms with Gasteiger partial charge in [0, 0.05) is 23.5 Å². The molecule has 2 aromatic carbocycles. The first-order valence-corrected chi connectivity index (χ1v) is 7.57. The van der Waals surface area contributed by atoms with E-state index in [9.17, 15) is 14.7 Å². The van der Waals surface area contributed by atoms with Gasteiger partial charge >= 0.3 is 0 Å². The van der Waals surface area contributed by atoms with Gasteiger partial charge in [0.2, 0.25) is 5.91 Å². The number of carbonyl (C=O) groups excluding carboxylic acids is 2. The number of hydrogen-bond donors (Lipinski definition) is 4. The quantitative estimate of drug-likeness (QED) is 0.555. The molecule has 0 radical (unpaired) electrons. The van der Waals surface area contributed by atoms with Crippen molar-refractivity contribution in [2.45, 2.75) is 12.8 Å². The van der Waals surface area contributed by atoms with E-state index in [1.54, 1.807) is 12.1 Å². The van der Waals surface area contributed by atoms with Gasteiger partial charge in [-0.05, 0) is 30.2 Å². The fraction of sp³-hybridized carbons (Fsp3) is 0.111. The summed E-state index contributed by atoms with van der Waals surface area (Å²) in [6, 6.07) is 14.0. The number of H-pyrrole nitrogens is 1. The molecule has 0 saturated heterocycles. The van der Waals surface area contributed by atoms with Crippen LogP contribution in [-0.4, -0.2) is 21.9 Å². The predicted octanol–water partition coefficient (Wildman–Crippen LogP) is 2.27. The number of amides is 2. The standard InChI is InChI=1S/C18H17N3O3/c22-16-8-4-2-6-14(16)18(24)21-20-17(23)10-9-12-11-19-15-7-3-1-5-13(12)15/h1-8,11,19,22H,9-10H2,(H,20,23)(H,21,24). The third-order valence-corrected chi connectivity index (χ3v) is 3.76. The number of phenols is 1. The Kier molecular flexibility index (Phi) is 4.47. The van der Waals surface area contributed by atoms with E-state index in [0.717, 1.165) is 16.5 Å². The average molecular weight is 323 g/mol. The number of aromatic hydroxyl groups is 1. The molecule has 0 atom stereocenters. The van der Waals surface area contributed by atoms with E-state index >= 15 is 0 Å². The van der Waals surface area contributed by atoms with Gasteiger partial charge in [-0.15, -0.1) is 0 Å². The van der Waals surface area contributed by atoms with Crippen LogP contribution in [0.25, 0.3) is 10.9 Å². The van der Waals surface area contributed by atoms with Crippen LogP contribution in [0.3, 0.4) is 0 Å². The summed E-state index contributed by atoms with van der Waals surface area (Å²) in [4.78, 5) is 26.9. The first-order valence-electron chi connectivity index (χ1n) is 7.57. The number of hydrazine groups is 1. The molecule has 0 unspecified atom stereocenters. The minimum atomic E-state index is -0.562. The fourth-order valence-corrected chi connectivity index (χ4v) is 2.51. The number of carbonyl (C=O) groups is 2. The normalized spacial score (nSPS) is 10.5. The van der Waals surface area contributed by atoms with Crippen LogP contribution in [-0.2, 0) is 11.2 Å². The van der Waals surface area contributed by atoms with Crippen LogP contribution in [0.4, 0.5) is 0 Å². The Labute approximate surface area is 138 Å². The molecule has 0 aliphatic carbocycles. The summed E-state index contributed by atoms with van der Waals surface area (Å²) in [6.45, 7) is 0. The van der Waals surface area contributed by atoms with Crippen LogP contribution >= 0.6 is 0 Å². The Morgan fingerprint density at radius 1 is 1.00 bits per heavy atom. The van der Waals surface area contributed by atoms with Crippen LogP contribution < -0.4 is 10.9 Å². The number of benzene rings is 2. The SMILES string of the molecule is O=C(CCc1c[nH]c2ccccc12)NNC(=O)c1ccccc1O. The van der Waals surface area contributed by atoms with E-state index in [-0.39, 0.29) is 23.6 Å². The Morgan fingerprint density at radius 2 is 1.75 bits per heavy atom. The maximum Gasteiger partial charge on any atom is 0.273 e. The molecule has 4 N–H and O–H groups in total. The summed E-state index contributed by atoms with van der Waals surface area (Å²) in [5, 5.41) is 10.7. The van der Waals surface area contributed by atoms with E-state index in [2.05, 4.69) is 15.8 Å². The lowest BCUT2D eigenvalue weighted by molar-refractivity contribution is -0.121. The third-order valence-electron chi connectivity index (χ3n) is 3.76. The molecule has 0 saturated carbocycles. The first-order chi connectivity index (χ1) is 11.6. The molecular formula is C18H17N3O3. The maximum absolute atomic E-state index is 11.9. The Morgan fingerprint density at radius 3 is 2.58 bits per heavy atom. The number of hydrogen-bond acceptors (Lipinski definition) is 3. The van der Waals surface area contributed by atoms with Crippen molar-refractivity contribution in [1.29, 1.82) is 0 Å². The first kappa shape index (κ1) is 15.6. The molecule has 2 amide bonds. The van der Waals surface area contributed by atoms with E-state index in [1.165, 1.54) is 12.1 Å². The number of aromatic amines is 1. The second-order valence-corrected chi connectivity index (χ2v) is 5.38. The van der Waals surface area contributed by atoms with Gasteiger partial charge in [-0.3, -0.25) is 20.4 Å². The van der Waals surface area contributed by atoms with Crippen molar-refractivity contribution in [2.24, 2.45) is 0 Å². The van der Waals surface area contributed by atoms with Gasteiger partial charge in [-0.2, -0.15) is 0 Å². The lowest BCUT2D eigenvalue weighted by atomic mass is 10.1. The van der Waals surface area contributed by atoms with Crippen LogP contribution in [0.1, 0.15) is 22.3 Å². The summed E-state index contributed by atoms with van der Waals surface area (Å²) in [5.74, 6) is -0.999. The van der Waals surface area contributed by atoms with Crippen molar-refractivity contribution < 1.29 is 14.7 Å². The van der Waals surface area contributed by atoms with Gasteiger partial charge in [0.15, 0.2) is 0 Å². The molecule has 0 fully saturated rings. The van der Waals surface area contributed by atoms with E-state index in [0.29, 0.717) is 6.42 Å². The zero-order chi connectivity index (χ0) is 16.9. The van der Waals surface area contributed by atoms with E-state index < -0.39 is 5.91 Å². The van der Waals surface area contributed by atoms with Crippen molar-refractivity contribution in [3.8, 4) is 5.75 Å². The Bertz CT molecular complexity index is 886. The lowest BCUT2D eigenvalue weighted by Gasteiger charge is -2.08. The maximum atomic E-state index is 11.9. The molecule has 0 bridgehead atoms. The highest BCUT2D eigenvalue weighted by atomic mass is 16.3. The highest BCUT2D eigenvalue weighted by Gasteiger charge is 2.11. The zero-order valence-electron chi connectivity index (χ0n) is 12.9. The van der Waals surface area contributed by atoms with Gasteiger partial charge in [0.05, 0.1) is 5.56 Å². The number of aryl methyl sites for hydroxylation is 1. The van der Waals surface area contributed by atoms with Crippen molar-refractivity contribution in [2.75, 3.05) is 0 Å². The number of fused-ring (bicyclic) bond motifs is 1. The van der Waals surface area contributed by atoms with E-state index in [4.69, 9.17) is 0 Å². The predicted molar refractivity (Wildman–Crippen MR) is 90.3 cm³/mol. The van der Waals surface area contributed by atoms with Crippen LogP contribution in [0.5, 0.6) is 5.75 Å². The molecule has 122 valence electrons. The molecule has 3 aromatic rings. The largest absolute Gasteiger partial charge is 0.507 e. The molecule has 1 heterocycles. The number of phenolic OH excluding ortho intramolecular Hbond substituents is 1. The zero-order valence-corrected chi connectivity index (χ0v) is 12.9. The number of aromatic nitrogens is 1. The van der Waals surface area contributed by atoms with Crippen molar-refractivity contribution >= 4 is 22.7 Å². The van der Waals surface area contributed by atoms with Crippen LogP contribution in [0.15, 0.2) is 54.7 Å². The van der Waals surface area contributed by atoms with Gasteiger partial charge in [-0.1, -0.05) is 30.3 Å². The third kappa shape index (κ3) is 3.38. The molecule has 0 spiro atoms. The smallest absolute Gasteiger partial charge is 0.273 e. The summed E-state index contributed by atoms with van der Waals surface area (Å²) < 4.78 is 0. The van der Waals surface area contributed by atoms with Crippen molar-refractivity contribution in [3.05, 3.63) is 65.9 Å². The average Bonchev–Trinajstić information content (AvgIpc) is 3.01. The van der Waals surface area contributed by atoms with Gasteiger partial charge in [0.25, 0.3) is 5.91 Å². The lowest BCUT2D eigenvalue weighted by Crippen LogP contribution is -2.41. The minimum Gasteiger partial charge on any atom is -0.507 e. The second kappa shape index (κ2) is 6.87. The Balaban J connectivity index is 1.53. The molecule has 1 aromatic heterocycles. The summed E-state index contributed by atoms with van der Waals surface area (Å²) in [6.07, 6.45) is 2.68. The molecule has 24 heavy (non-hydrogen) atoms. The minimum absolute atomic E-state index is 0.106. The van der Waals surface area contributed by atoms with E-state index in [1.807, 2.05) is 30.5 Å². The molecular weight excluding hydrogens is 306 g/mol. The second-order valence-electron chi connectivity index (χ2n) is 5.38. The van der Waals surface area contributed by atoms with Crippen LogP contribution in [0.2, 0.25) is 0 Å². The van der Waals surface area contributed by atoms with Gasteiger partial charge in [-0.25, -0.2) is 0 Å². The number of rotatable bonds is 4. The van der Waals surface area contributed by atoms with Crippen molar-refractivity contribution in [3.63, 3.8) is 0 Å². The summed E-state index contributed by atoms with van der Waals surface area (Å²) in [5.41, 5.74) is 6.84. The number of para-hydroxylation sites is 2. The molecule has 6 heteroatoms. The summed E-state index contributed by atoms with van der Waals surface area (Å²) >= 11 is 0. The fourth-order valence-electron chi connectivity index (χ4n) is 2.51. The highest BCUT2D eigenvalue weighted by molar-refractivity contribution is 5.97. The molecule has 0 aliphatic heterocycles. The number of nitrogens with one attached hydrogen (secondary N) is 3.